The Bertz CT molecular complexity index is 1040. The molecular formula is C18H14FN5. The molecule has 4 aromatic heterocycles. The van der Waals surface area contributed by atoms with E-state index in [1.165, 1.54) is 12.3 Å². The summed E-state index contributed by atoms with van der Waals surface area (Å²) in [6, 6.07) is 8.81. The van der Waals surface area contributed by atoms with Crippen LogP contribution in [0.5, 0.6) is 0 Å². The van der Waals surface area contributed by atoms with E-state index in [1.54, 1.807) is 16.9 Å². The second kappa shape index (κ2) is 5.49. The van der Waals surface area contributed by atoms with Crippen LogP contribution in [0.15, 0.2) is 48.9 Å². The molecule has 0 atom stereocenters. The van der Waals surface area contributed by atoms with Crippen LogP contribution < -0.4 is 0 Å². The molecule has 4 aromatic rings. The lowest BCUT2D eigenvalue weighted by molar-refractivity contribution is 0.621. The quantitative estimate of drug-likeness (QED) is 0.567. The SMILES string of the molecule is Cc1ccc2nccc(-c3cn(C)nc3-c3ccc(F)cn3)c2n1. The second-order valence-corrected chi connectivity index (χ2v) is 5.61. The molecular weight excluding hydrogens is 305 g/mol. The van der Waals surface area contributed by atoms with Gasteiger partial charge in [-0.15, -0.1) is 0 Å². The van der Waals surface area contributed by atoms with Crippen LogP contribution >= 0.6 is 0 Å². The molecule has 0 aromatic carbocycles. The summed E-state index contributed by atoms with van der Waals surface area (Å²) < 4.78 is 14.9. The molecule has 4 heterocycles. The van der Waals surface area contributed by atoms with Gasteiger partial charge in [0.15, 0.2) is 0 Å². The van der Waals surface area contributed by atoms with Crippen molar-refractivity contribution in [2.75, 3.05) is 0 Å². The Morgan fingerprint density at radius 1 is 1.00 bits per heavy atom. The number of nitrogens with zero attached hydrogens (tertiary/aromatic N) is 5. The van der Waals surface area contributed by atoms with Gasteiger partial charge in [0.2, 0.25) is 0 Å². The fraction of sp³-hybridized carbons (Fsp3) is 0.111. The summed E-state index contributed by atoms with van der Waals surface area (Å²) >= 11 is 0. The van der Waals surface area contributed by atoms with E-state index in [-0.39, 0.29) is 5.82 Å². The van der Waals surface area contributed by atoms with Crippen molar-refractivity contribution in [3.05, 3.63) is 60.4 Å². The number of rotatable bonds is 2. The summed E-state index contributed by atoms with van der Waals surface area (Å²) in [5.74, 6) is -0.372. The van der Waals surface area contributed by atoms with Crippen LogP contribution in [0.4, 0.5) is 4.39 Å². The molecule has 0 saturated carbocycles. The maximum absolute atomic E-state index is 13.2. The molecule has 5 nitrogen and oxygen atoms in total. The van der Waals surface area contributed by atoms with Gasteiger partial charge in [-0.3, -0.25) is 19.6 Å². The molecule has 0 aliphatic rings. The topological polar surface area (TPSA) is 56.5 Å². The molecule has 0 fully saturated rings. The van der Waals surface area contributed by atoms with Crippen LogP contribution in [0, 0.1) is 12.7 Å². The van der Waals surface area contributed by atoms with Crippen molar-refractivity contribution in [2.45, 2.75) is 6.92 Å². The highest BCUT2D eigenvalue weighted by molar-refractivity contribution is 5.95. The van der Waals surface area contributed by atoms with E-state index in [1.807, 2.05) is 38.4 Å². The predicted octanol–water partition coefficient (Wildman–Crippen LogP) is 3.54. The number of aryl methyl sites for hydroxylation is 2. The number of hydrogen-bond acceptors (Lipinski definition) is 4. The molecule has 0 bridgehead atoms. The highest BCUT2D eigenvalue weighted by atomic mass is 19.1. The largest absolute Gasteiger partial charge is 0.274 e. The average Bonchev–Trinajstić information content (AvgIpc) is 2.96. The van der Waals surface area contributed by atoms with Crippen molar-refractivity contribution < 1.29 is 4.39 Å². The minimum Gasteiger partial charge on any atom is -0.274 e. The van der Waals surface area contributed by atoms with E-state index in [2.05, 4.69) is 20.1 Å². The highest BCUT2D eigenvalue weighted by Gasteiger charge is 2.16. The van der Waals surface area contributed by atoms with Gasteiger partial charge in [-0.25, -0.2) is 4.39 Å². The van der Waals surface area contributed by atoms with Crippen LogP contribution in [0.3, 0.4) is 0 Å². The van der Waals surface area contributed by atoms with Gasteiger partial charge in [0.05, 0.1) is 22.9 Å². The van der Waals surface area contributed by atoms with Gasteiger partial charge in [0.25, 0.3) is 0 Å². The van der Waals surface area contributed by atoms with Crippen molar-refractivity contribution in [1.82, 2.24) is 24.7 Å². The van der Waals surface area contributed by atoms with E-state index < -0.39 is 0 Å². The first-order valence-electron chi connectivity index (χ1n) is 7.50. The fourth-order valence-electron chi connectivity index (χ4n) is 2.73. The van der Waals surface area contributed by atoms with E-state index >= 15 is 0 Å². The Hall–Kier alpha value is -3.15. The zero-order valence-corrected chi connectivity index (χ0v) is 13.2. The zero-order valence-electron chi connectivity index (χ0n) is 13.2. The zero-order chi connectivity index (χ0) is 16.7. The molecule has 4 rings (SSSR count). The summed E-state index contributed by atoms with van der Waals surface area (Å²) in [5, 5.41) is 4.50. The Morgan fingerprint density at radius 3 is 2.67 bits per heavy atom. The molecule has 0 amide bonds. The first-order chi connectivity index (χ1) is 11.6. The van der Waals surface area contributed by atoms with Gasteiger partial charge in [-0.05, 0) is 37.3 Å². The Balaban J connectivity index is 1.98. The monoisotopic (exact) mass is 319 g/mol. The van der Waals surface area contributed by atoms with Crippen LogP contribution in [0.1, 0.15) is 5.69 Å². The Morgan fingerprint density at radius 2 is 1.88 bits per heavy atom. The van der Waals surface area contributed by atoms with Gasteiger partial charge in [0, 0.05) is 36.3 Å². The third-order valence-electron chi connectivity index (χ3n) is 3.81. The normalized spacial score (nSPS) is 11.1. The number of fused-ring (bicyclic) bond motifs is 1. The summed E-state index contributed by atoms with van der Waals surface area (Å²) in [6.07, 6.45) is 4.86. The van der Waals surface area contributed by atoms with Crippen molar-refractivity contribution in [1.29, 1.82) is 0 Å². The van der Waals surface area contributed by atoms with Gasteiger partial charge in [-0.2, -0.15) is 5.10 Å². The van der Waals surface area contributed by atoms with Gasteiger partial charge in [0.1, 0.15) is 11.5 Å². The minimum atomic E-state index is -0.372. The van der Waals surface area contributed by atoms with Crippen molar-refractivity contribution in [2.24, 2.45) is 7.05 Å². The first-order valence-corrected chi connectivity index (χ1v) is 7.50. The summed E-state index contributed by atoms with van der Waals surface area (Å²) in [7, 11) is 1.85. The third kappa shape index (κ3) is 2.42. The molecule has 6 heteroatoms. The number of hydrogen-bond donors (Lipinski definition) is 0. The lowest BCUT2D eigenvalue weighted by Gasteiger charge is -2.06. The molecule has 0 aliphatic heterocycles. The molecule has 0 N–H and O–H groups in total. The number of aromatic nitrogens is 5. The Labute approximate surface area is 137 Å². The van der Waals surface area contributed by atoms with Crippen molar-refractivity contribution in [3.8, 4) is 22.5 Å². The van der Waals surface area contributed by atoms with Gasteiger partial charge >= 0.3 is 0 Å². The lowest BCUT2D eigenvalue weighted by atomic mass is 10.0. The summed E-state index contributed by atoms with van der Waals surface area (Å²) in [5.41, 5.74) is 5.67. The smallest absolute Gasteiger partial charge is 0.141 e. The summed E-state index contributed by atoms with van der Waals surface area (Å²) in [4.78, 5) is 13.2. The Kier molecular flexibility index (Phi) is 3.30. The molecule has 0 saturated heterocycles. The average molecular weight is 319 g/mol. The lowest BCUT2D eigenvalue weighted by Crippen LogP contribution is -1.92. The maximum Gasteiger partial charge on any atom is 0.141 e. The van der Waals surface area contributed by atoms with E-state index in [4.69, 9.17) is 0 Å². The van der Waals surface area contributed by atoms with E-state index in [0.29, 0.717) is 11.4 Å². The van der Waals surface area contributed by atoms with Gasteiger partial charge < -0.3 is 0 Å². The molecule has 118 valence electrons. The molecule has 0 spiro atoms. The molecule has 0 aliphatic carbocycles. The van der Waals surface area contributed by atoms with Crippen LogP contribution in [0.2, 0.25) is 0 Å². The third-order valence-corrected chi connectivity index (χ3v) is 3.81. The van der Waals surface area contributed by atoms with E-state index in [0.717, 1.165) is 27.9 Å². The number of halogens is 1. The molecule has 0 unspecified atom stereocenters. The fourth-order valence-corrected chi connectivity index (χ4v) is 2.73. The predicted molar refractivity (Wildman–Crippen MR) is 89.7 cm³/mol. The van der Waals surface area contributed by atoms with Crippen LogP contribution in [-0.2, 0) is 7.05 Å². The number of pyridine rings is 3. The molecule has 0 radical (unpaired) electrons. The van der Waals surface area contributed by atoms with Crippen molar-refractivity contribution >= 4 is 11.0 Å². The molecule has 24 heavy (non-hydrogen) atoms. The van der Waals surface area contributed by atoms with Gasteiger partial charge in [-0.1, -0.05) is 0 Å². The van der Waals surface area contributed by atoms with Crippen molar-refractivity contribution in [3.63, 3.8) is 0 Å². The van der Waals surface area contributed by atoms with Crippen LogP contribution in [0.25, 0.3) is 33.5 Å². The van der Waals surface area contributed by atoms with Crippen LogP contribution in [-0.4, -0.2) is 24.7 Å². The summed E-state index contributed by atoms with van der Waals surface area (Å²) in [6.45, 7) is 1.95. The standard InChI is InChI=1S/C18H14FN5/c1-11-3-5-15-17(22-11)13(7-8-20-15)14-10-24(2)23-18(14)16-6-4-12(19)9-21-16/h3-10H,1-2H3. The first kappa shape index (κ1) is 14.4. The second-order valence-electron chi connectivity index (χ2n) is 5.61. The van der Waals surface area contributed by atoms with E-state index in [9.17, 15) is 4.39 Å². The highest BCUT2D eigenvalue weighted by Crippen LogP contribution is 2.33. The minimum absolute atomic E-state index is 0.372. The maximum atomic E-state index is 13.2.